The fourth-order valence-corrected chi connectivity index (χ4v) is 3.53. The smallest absolute Gasteiger partial charge is 0.222 e. The summed E-state index contributed by atoms with van der Waals surface area (Å²) in [5, 5.41) is 6.57. The minimum absolute atomic E-state index is 0.0231. The number of nitrogens with one attached hydrogen (secondary N) is 2. The van der Waals surface area contributed by atoms with E-state index in [0.717, 1.165) is 25.2 Å². The number of carbonyl (C=O) groups is 1. The number of rotatable bonds is 8. The zero-order valence-corrected chi connectivity index (χ0v) is 17.3. The van der Waals surface area contributed by atoms with Gasteiger partial charge < -0.3 is 16.4 Å². The van der Waals surface area contributed by atoms with E-state index in [4.69, 9.17) is 5.73 Å². The molecule has 2 rings (SSSR count). The van der Waals surface area contributed by atoms with Crippen molar-refractivity contribution in [3.8, 4) is 0 Å². The Balaban J connectivity index is 1.86. The number of amides is 1. The molecule has 1 atom stereocenters. The summed E-state index contributed by atoms with van der Waals surface area (Å²) in [7, 11) is 1.71. The number of likely N-dealkylation sites (tertiary alicyclic amines) is 1. The van der Waals surface area contributed by atoms with Gasteiger partial charge in [-0.1, -0.05) is 18.6 Å². The zero-order valence-electron chi connectivity index (χ0n) is 17.3. The Kier molecular flexibility index (Phi) is 8.23. The van der Waals surface area contributed by atoms with E-state index in [2.05, 4.69) is 34.4 Å². The maximum Gasteiger partial charge on any atom is 0.222 e. The zero-order chi connectivity index (χ0) is 20.6. The molecule has 1 heterocycles. The van der Waals surface area contributed by atoms with Crippen LogP contribution in [0.4, 0.5) is 4.39 Å². The van der Waals surface area contributed by atoms with Gasteiger partial charge in [-0.15, -0.1) is 0 Å². The highest BCUT2D eigenvalue weighted by atomic mass is 19.1. The molecular formula is C21H34FN5O. The lowest BCUT2D eigenvalue weighted by Gasteiger charge is -2.41. The molecule has 1 saturated heterocycles. The monoisotopic (exact) mass is 391 g/mol. The average molecular weight is 392 g/mol. The van der Waals surface area contributed by atoms with Crippen LogP contribution < -0.4 is 16.4 Å². The third-order valence-electron chi connectivity index (χ3n) is 5.44. The van der Waals surface area contributed by atoms with E-state index < -0.39 is 5.92 Å². The number of guanidine groups is 1. The lowest BCUT2D eigenvalue weighted by Crippen LogP contribution is -2.55. The van der Waals surface area contributed by atoms with Crippen molar-refractivity contribution in [2.75, 3.05) is 33.2 Å². The Morgan fingerprint density at radius 3 is 2.43 bits per heavy atom. The van der Waals surface area contributed by atoms with Gasteiger partial charge in [-0.3, -0.25) is 14.7 Å². The summed E-state index contributed by atoms with van der Waals surface area (Å²) in [6.07, 6.45) is 4.27. The van der Waals surface area contributed by atoms with E-state index in [-0.39, 0.29) is 17.3 Å². The molecule has 156 valence electrons. The number of carbonyl (C=O) groups excluding carboxylic acids is 1. The van der Waals surface area contributed by atoms with Gasteiger partial charge in [0, 0.05) is 25.7 Å². The fourth-order valence-electron chi connectivity index (χ4n) is 3.53. The van der Waals surface area contributed by atoms with Gasteiger partial charge in [0.1, 0.15) is 5.82 Å². The summed E-state index contributed by atoms with van der Waals surface area (Å²) in [5.41, 5.74) is 6.46. The van der Waals surface area contributed by atoms with Crippen molar-refractivity contribution in [3.63, 3.8) is 0 Å². The summed E-state index contributed by atoms with van der Waals surface area (Å²) < 4.78 is 13.1. The number of hydrogen-bond acceptors (Lipinski definition) is 3. The molecule has 0 bridgehead atoms. The molecule has 1 amide bonds. The van der Waals surface area contributed by atoms with E-state index >= 15 is 0 Å². The second-order valence-corrected chi connectivity index (χ2v) is 8.10. The Labute approximate surface area is 167 Å². The molecule has 1 aromatic rings. The van der Waals surface area contributed by atoms with Crippen LogP contribution in [0.1, 0.15) is 38.7 Å². The third-order valence-corrected chi connectivity index (χ3v) is 5.44. The summed E-state index contributed by atoms with van der Waals surface area (Å²) >= 11 is 0. The molecule has 1 aliphatic heterocycles. The standard InChI is InChI=1S/C21H34FN5O/c1-21(2,27-11-5-4-6-12-27)15-26-20(24-3)25-14-17(19(23)28)13-16-7-9-18(22)10-8-16/h7-10,17H,4-6,11-15H2,1-3H3,(H2,23,28)(H2,24,25,26). The first kappa shape index (κ1) is 22.1. The van der Waals surface area contributed by atoms with Gasteiger partial charge in [-0.05, 0) is 63.9 Å². The number of primary amides is 1. The Morgan fingerprint density at radius 1 is 1.21 bits per heavy atom. The van der Waals surface area contributed by atoms with Gasteiger partial charge in [-0.2, -0.15) is 0 Å². The van der Waals surface area contributed by atoms with Crippen LogP contribution in [0.2, 0.25) is 0 Å². The number of nitrogens with two attached hydrogens (primary N) is 1. The van der Waals surface area contributed by atoms with Crippen molar-refractivity contribution in [2.24, 2.45) is 16.6 Å². The molecule has 1 aromatic carbocycles. The van der Waals surface area contributed by atoms with Crippen LogP contribution in [0, 0.1) is 11.7 Å². The summed E-state index contributed by atoms with van der Waals surface area (Å²) in [6, 6.07) is 6.15. The first-order chi connectivity index (χ1) is 13.3. The molecule has 1 aliphatic rings. The van der Waals surface area contributed by atoms with Crippen molar-refractivity contribution >= 4 is 11.9 Å². The van der Waals surface area contributed by atoms with Crippen molar-refractivity contribution in [2.45, 2.75) is 45.1 Å². The highest BCUT2D eigenvalue weighted by Crippen LogP contribution is 2.19. The second-order valence-electron chi connectivity index (χ2n) is 8.10. The van der Waals surface area contributed by atoms with Crippen LogP contribution >= 0.6 is 0 Å². The predicted octanol–water partition coefficient (Wildman–Crippen LogP) is 1.90. The van der Waals surface area contributed by atoms with E-state index in [0.29, 0.717) is 18.9 Å². The number of halogens is 1. The molecular weight excluding hydrogens is 357 g/mol. The van der Waals surface area contributed by atoms with E-state index in [1.165, 1.54) is 31.4 Å². The van der Waals surface area contributed by atoms with Crippen LogP contribution in [0.25, 0.3) is 0 Å². The van der Waals surface area contributed by atoms with Crippen LogP contribution in [0.15, 0.2) is 29.3 Å². The van der Waals surface area contributed by atoms with Gasteiger partial charge in [0.2, 0.25) is 5.91 Å². The Bertz CT molecular complexity index is 653. The van der Waals surface area contributed by atoms with Gasteiger partial charge >= 0.3 is 0 Å². The Hall–Kier alpha value is -2.15. The lowest BCUT2D eigenvalue weighted by atomic mass is 9.98. The van der Waals surface area contributed by atoms with Crippen LogP contribution in [-0.4, -0.2) is 55.5 Å². The SMILES string of the molecule is CN=C(NCC(Cc1ccc(F)cc1)C(N)=O)NCC(C)(C)N1CCCCC1. The van der Waals surface area contributed by atoms with E-state index in [9.17, 15) is 9.18 Å². The molecule has 0 aliphatic carbocycles. The van der Waals surface area contributed by atoms with E-state index in [1.54, 1.807) is 19.2 Å². The van der Waals surface area contributed by atoms with Crippen molar-refractivity contribution in [3.05, 3.63) is 35.6 Å². The quantitative estimate of drug-likeness (QED) is 0.467. The molecule has 1 fully saturated rings. The first-order valence-electron chi connectivity index (χ1n) is 10.0. The minimum Gasteiger partial charge on any atom is -0.369 e. The topological polar surface area (TPSA) is 82.7 Å². The van der Waals surface area contributed by atoms with Crippen LogP contribution in [-0.2, 0) is 11.2 Å². The fraction of sp³-hybridized carbons (Fsp3) is 0.619. The van der Waals surface area contributed by atoms with Crippen molar-refractivity contribution in [1.82, 2.24) is 15.5 Å². The largest absolute Gasteiger partial charge is 0.369 e. The minimum atomic E-state index is -0.404. The predicted molar refractivity (Wildman–Crippen MR) is 112 cm³/mol. The Morgan fingerprint density at radius 2 is 1.86 bits per heavy atom. The first-order valence-corrected chi connectivity index (χ1v) is 10.0. The summed E-state index contributed by atoms with van der Waals surface area (Å²) in [6.45, 7) is 7.85. The number of hydrogen-bond donors (Lipinski definition) is 3. The van der Waals surface area contributed by atoms with Crippen molar-refractivity contribution in [1.29, 1.82) is 0 Å². The lowest BCUT2D eigenvalue weighted by molar-refractivity contribution is -0.121. The second kappa shape index (κ2) is 10.4. The van der Waals surface area contributed by atoms with Gasteiger partial charge in [0.05, 0.1) is 5.92 Å². The summed E-state index contributed by atoms with van der Waals surface area (Å²) in [5.74, 6) is -0.436. The maximum atomic E-state index is 13.1. The molecule has 0 spiro atoms. The number of aliphatic imine (C=N–C) groups is 1. The van der Waals surface area contributed by atoms with Gasteiger partial charge in [-0.25, -0.2) is 4.39 Å². The molecule has 6 nitrogen and oxygen atoms in total. The van der Waals surface area contributed by atoms with Gasteiger partial charge in [0.15, 0.2) is 5.96 Å². The number of benzene rings is 1. The average Bonchev–Trinajstić information content (AvgIpc) is 2.69. The van der Waals surface area contributed by atoms with Gasteiger partial charge in [0.25, 0.3) is 0 Å². The molecule has 1 unspecified atom stereocenters. The number of nitrogens with zero attached hydrogens (tertiary/aromatic N) is 2. The van der Waals surface area contributed by atoms with E-state index in [1.807, 2.05) is 0 Å². The molecule has 7 heteroatoms. The molecule has 0 aromatic heterocycles. The van der Waals surface area contributed by atoms with Crippen LogP contribution in [0.3, 0.4) is 0 Å². The number of piperidine rings is 1. The highest BCUT2D eigenvalue weighted by Gasteiger charge is 2.28. The maximum absolute atomic E-state index is 13.1. The molecule has 4 N–H and O–H groups in total. The molecule has 0 saturated carbocycles. The highest BCUT2D eigenvalue weighted by molar-refractivity contribution is 5.81. The molecule has 0 radical (unpaired) electrons. The van der Waals surface area contributed by atoms with Crippen LogP contribution in [0.5, 0.6) is 0 Å². The normalized spacial score (nSPS) is 17.2. The molecule has 28 heavy (non-hydrogen) atoms. The van der Waals surface area contributed by atoms with Crippen molar-refractivity contribution < 1.29 is 9.18 Å². The summed E-state index contributed by atoms with van der Waals surface area (Å²) in [4.78, 5) is 18.6. The third kappa shape index (κ3) is 6.78.